The second-order valence-corrected chi connectivity index (χ2v) is 4.31. The van der Waals surface area contributed by atoms with Crippen molar-refractivity contribution >= 4 is 5.69 Å². The summed E-state index contributed by atoms with van der Waals surface area (Å²) in [5.74, 6) is 0. The van der Waals surface area contributed by atoms with Gasteiger partial charge in [-0.3, -0.25) is 0 Å². The molecule has 17 heavy (non-hydrogen) atoms. The van der Waals surface area contributed by atoms with Gasteiger partial charge in [0.15, 0.2) is 0 Å². The highest BCUT2D eigenvalue weighted by atomic mass is 16.3. The van der Waals surface area contributed by atoms with Gasteiger partial charge in [-0.1, -0.05) is 38.0 Å². The van der Waals surface area contributed by atoms with E-state index in [-0.39, 0.29) is 6.10 Å². The van der Waals surface area contributed by atoms with Crippen LogP contribution in [0.25, 0.3) is 0 Å². The lowest BCUT2D eigenvalue weighted by atomic mass is 10.2. The summed E-state index contributed by atoms with van der Waals surface area (Å²) in [5, 5.41) is 16.2. The van der Waals surface area contributed by atoms with Crippen LogP contribution in [-0.4, -0.2) is 30.8 Å². The predicted molar refractivity (Wildman–Crippen MR) is 73.3 cm³/mol. The fourth-order valence-electron chi connectivity index (χ4n) is 1.63. The lowest BCUT2D eigenvalue weighted by Gasteiger charge is -2.13. The highest BCUT2D eigenvalue weighted by molar-refractivity contribution is 5.42. The smallest absolute Gasteiger partial charge is 0.0836 e. The fraction of sp³-hybridized carbons (Fsp3) is 0.571. The molecule has 1 atom stereocenters. The first-order chi connectivity index (χ1) is 8.33. The number of benzene rings is 1. The van der Waals surface area contributed by atoms with Gasteiger partial charge in [-0.15, -0.1) is 0 Å². The lowest BCUT2D eigenvalue weighted by molar-refractivity contribution is 0.184. The van der Waals surface area contributed by atoms with Crippen LogP contribution in [0.5, 0.6) is 0 Å². The van der Waals surface area contributed by atoms with E-state index in [2.05, 4.69) is 17.6 Å². The number of aliphatic hydroxyl groups excluding tert-OH is 1. The van der Waals surface area contributed by atoms with Crippen LogP contribution in [0, 0.1) is 0 Å². The van der Waals surface area contributed by atoms with E-state index >= 15 is 0 Å². The summed E-state index contributed by atoms with van der Waals surface area (Å²) in [4.78, 5) is 0. The number of aliphatic hydroxyl groups is 1. The Labute approximate surface area is 104 Å². The van der Waals surface area contributed by atoms with Crippen LogP contribution in [-0.2, 0) is 0 Å². The molecule has 0 aliphatic rings. The van der Waals surface area contributed by atoms with Gasteiger partial charge < -0.3 is 15.7 Å². The minimum Gasteiger partial charge on any atom is -0.390 e. The van der Waals surface area contributed by atoms with Crippen LogP contribution in [0.3, 0.4) is 0 Å². The Morgan fingerprint density at radius 3 is 2.59 bits per heavy atom. The van der Waals surface area contributed by atoms with Gasteiger partial charge >= 0.3 is 0 Å². The van der Waals surface area contributed by atoms with Crippen molar-refractivity contribution in [3.8, 4) is 0 Å². The van der Waals surface area contributed by atoms with E-state index in [9.17, 15) is 5.11 Å². The standard InChI is InChI=1S/C14H24N2O/c1-2-3-7-10-15-11-14(17)12-16-13-8-5-4-6-9-13/h4-6,8-9,14-17H,2-3,7,10-12H2,1H3. The van der Waals surface area contributed by atoms with E-state index in [0.717, 1.165) is 12.2 Å². The molecule has 0 bridgehead atoms. The Morgan fingerprint density at radius 2 is 1.88 bits per heavy atom. The molecule has 0 saturated carbocycles. The van der Waals surface area contributed by atoms with E-state index < -0.39 is 0 Å². The molecule has 3 heteroatoms. The molecule has 0 amide bonds. The van der Waals surface area contributed by atoms with Crippen LogP contribution in [0.4, 0.5) is 5.69 Å². The molecule has 3 nitrogen and oxygen atoms in total. The zero-order chi connectivity index (χ0) is 12.3. The van der Waals surface area contributed by atoms with E-state index in [1.807, 2.05) is 30.3 Å². The zero-order valence-electron chi connectivity index (χ0n) is 10.7. The molecule has 1 rings (SSSR count). The Hall–Kier alpha value is -1.06. The van der Waals surface area contributed by atoms with Crippen molar-refractivity contribution in [2.45, 2.75) is 32.3 Å². The average molecular weight is 236 g/mol. The molecule has 0 aliphatic carbocycles. The molecule has 0 aromatic heterocycles. The topological polar surface area (TPSA) is 44.3 Å². The molecule has 3 N–H and O–H groups in total. The van der Waals surface area contributed by atoms with E-state index in [1.165, 1.54) is 19.3 Å². The highest BCUT2D eigenvalue weighted by Crippen LogP contribution is 2.04. The van der Waals surface area contributed by atoms with Gasteiger partial charge in [-0.05, 0) is 25.1 Å². The van der Waals surface area contributed by atoms with Crippen molar-refractivity contribution in [1.82, 2.24) is 5.32 Å². The Balaban J connectivity index is 2.03. The summed E-state index contributed by atoms with van der Waals surface area (Å²) in [6.07, 6.45) is 3.34. The maximum absolute atomic E-state index is 9.74. The first kappa shape index (κ1) is 14.0. The molecule has 0 saturated heterocycles. The third-order valence-corrected chi connectivity index (χ3v) is 2.65. The maximum Gasteiger partial charge on any atom is 0.0836 e. The molecular weight excluding hydrogens is 212 g/mol. The molecule has 0 radical (unpaired) electrons. The number of para-hydroxylation sites is 1. The van der Waals surface area contributed by atoms with Crippen LogP contribution in [0.2, 0.25) is 0 Å². The summed E-state index contributed by atoms with van der Waals surface area (Å²) in [6.45, 7) is 4.43. The molecule has 96 valence electrons. The minimum absolute atomic E-state index is 0.336. The third-order valence-electron chi connectivity index (χ3n) is 2.65. The van der Waals surface area contributed by atoms with Crippen molar-refractivity contribution in [3.05, 3.63) is 30.3 Å². The van der Waals surface area contributed by atoms with E-state index in [0.29, 0.717) is 13.1 Å². The zero-order valence-corrected chi connectivity index (χ0v) is 10.7. The number of nitrogens with one attached hydrogen (secondary N) is 2. The largest absolute Gasteiger partial charge is 0.390 e. The summed E-state index contributed by atoms with van der Waals surface area (Å²) in [6, 6.07) is 9.95. The molecule has 1 aromatic rings. The van der Waals surface area contributed by atoms with Crippen LogP contribution >= 0.6 is 0 Å². The maximum atomic E-state index is 9.74. The lowest BCUT2D eigenvalue weighted by Crippen LogP contribution is -2.32. The number of rotatable bonds is 9. The SMILES string of the molecule is CCCCCNCC(O)CNc1ccccc1. The molecule has 0 spiro atoms. The van der Waals surface area contributed by atoms with Crippen molar-refractivity contribution in [2.24, 2.45) is 0 Å². The number of unbranched alkanes of at least 4 members (excludes halogenated alkanes) is 2. The molecule has 0 fully saturated rings. The number of hydrogen-bond donors (Lipinski definition) is 3. The van der Waals surface area contributed by atoms with Crippen LogP contribution in [0.1, 0.15) is 26.2 Å². The summed E-state index contributed by atoms with van der Waals surface area (Å²) in [7, 11) is 0. The van der Waals surface area contributed by atoms with Gasteiger partial charge in [0, 0.05) is 18.8 Å². The van der Waals surface area contributed by atoms with Crippen molar-refractivity contribution in [2.75, 3.05) is 25.0 Å². The van der Waals surface area contributed by atoms with Crippen molar-refractivity contribution in [1.29, 1.82) is 0 Å². The van der Waals surface area contributed by atoms with Gasteiger partial charge in [0.05, 0.1) is 6.10 Å². The monoisotopic (exact) mass is 236 g/mol. The predicted octanol–water partition coefficient (Wildman–Crippen LogP) is 2.24. The van der Waals surface area contributed by atoms with Gasteiger partial charge in [0.2, 0.25) is 0 Å². The van der Waals surface area contributed by atoms with Crippen LogP contribution < -0.4 is 10.6 Å². The highest BCUT2D eigenvalue weighted by Gasteiger charge is 2.02. The van der Waals surface area contributed by atoms with Crippen molar-refractivity contribution < 1.29 is 5.11 Å². The van der Waals surface area contributed by atoms with Gasteiger partial charge in [-0.25, -0.2) is 0 Å². The Kier molecular flexibility index (Phi) is 7.43. The van der Waals surface area contributed by atoms with E-state index in [4.69, 9.17) is 0 Å². The number of anilines is 1. The summed E-state index contributed by atoms with van der Waals surface area (Å²) in [5.41, 5.74) is 1.05. The van der Waals surface area contributed by atoms with Gasteiger partial charge in [-0.2, -0.15) is 0 Å². The Morgan fingerprint density at radius 1 is 1.12 bits per heavy atom. The molecule has 0 heterocycles. The Bertz CT molecular complexity index is 277. The second kappa shape index (κ2) is 9.02. The summed E-state index contributed by atoms with van der Waals surface area (Å²) >= 11 is 0. The van der Waals surface area contributed by atoms with Gasteiger partial charge in [0.25, 0.3) is 0 Å². The normalized spacial score (nSPS) is 12.4. The first-order valence-corrected chi connectivity index (χ1v) is 6.50. The van der Waals surface area contributed by atoms with Gasteiger partial charge in [0.1, 0.15) is 0 Å². The first-order valence-electron chi connectivity index (χ1n) is 6.50. The molecular formula is C14H24N2O. The van der Waals surface area contributed by atoms with E-state index in [1.54, 1.807) is 0 Å². The fourth-order valence-corrected chi connectivity index (χ4v) is 1.63. The van der Waals surface area contributed by atoms with Crippen LogP contribution in [0.15, 0.2) is 30.3 Å². The quantitative estimate of drug-likeness (QED) is 0.576. The third kappa shape index (κ3) is 6.97. The van der Waals surface area contributed by atoms with Crippen molar-refractivity contribution in [3.63, 3.8) is 0 Å². The number of hydrogen-bond acceptors (Lipinski definition) is 3. The molecule has 1 unspecified atom stereocenters. The molecule has 0 aliphatic heterocycles. The summed E-state index contributed by atoms with van der Waals surface area (Å²) < 4.78 is 0. The second-order valence-electron chi connectivity index (χ2n) is 4.31. The molecule has 1 aromatic carbocycles. The minimum atomic E-state index is -0.336. The average Bonchev–Trinajstić information content (AvgIpc) is 2.37.